The van der Waals surface area contributed by atoms with Crippen LogP contribution in [0.2, 0.25) is 0 Å². The number of fused-ring (bicyclic) bond motifs is 1. The molecule has 7 nitrogen and oxygen atoms in total. The maximum Gasteiger partial charge on any atom is 0.319 e. The first-order valence-corrected chi connectivity index (χ1v) is 10.3. The number of rotatable bonds is 7. The van der Waals surface area contributed by atoms with Gasteiger partial charge < -0.3 is 24.7 Å². The largest absolute Gasteiger partial charge is 0.497 e. The van der Waals surface area contributed by atoms with E-state index in [1.807, 2.05) is 37.5 Å². The van der Waals surface area contributed by atoms with Crippen LogP contribution in [-0.2, 0) is 7.05 Å². The summed E-state index contributed by atoms with van der Waals surface area (Å²) in [5.74, 6) is 1.12. The summed E-state index contributed by atoms with van der Waals surface area (Å²) in [6.07, 6.45) is 5.71. The Labute approximate surface area is 187 Å². The number of ether oxygens (including phenoxy) is 2. The van der Waals surface area contributed by atoms with Crippen molar-refractivity contribution in [3.05, 3.63) is 84.3 Å². The molecule has 2 amide bonds. The first-order valence-electron chi connectivity index (χ1n) is 10.3. The molecule has 0 aliphatic heterocycles. The molecule has 0 aliphatic rings. The Morgan fingerprint density at radius 2 is 1.94 bits per heavy atom. The molecule has 0 spiro atoms. The number of amides is 2. The van der Waals surface area contributed by atoms with Crippen LogP contribution in [0.25, 0.3) is 10.9 Å². The molecule has 0 fully saturated rings. The number of pyridine rings is 1. The van der Waals surface area contributed by atoms with Gasteiger partial charge in [0.2, 0.25) is 0 Å². The van der Waals surface area contributed by atoms with E-state index in [1.54, 1.807) is 38.6 Å². The predicted octanol–water partition coefficient (Wildman–Crippen LogP) is 4.54. The molecule has 1 unspecified atom stereocenters. The number of nitrogens with one attached hydrogen (secondary N) is 2. The molecular formula is C25H26N4O3. The van der Waals surface area contributed by atoms with Crippen molar-refractivity contribution in [3.8, 4) is 11.5 Å². The van der Waals surface area contributed by atoms with Gasteiger partial charge in [0, 0.05) is 55.1 Å². The first-order chi connectivity index (χ1) is 15.6. The molecule has 0 bridgehead atoms. The topological polar surface area (TPSA) is 77.4 Å². The van der Waals surface area contributed by atoms with Gasteiger partial charge in [-0.1, -0.05) is 24.3 Å². The lowest BCUT2D eigenvalue weighted by molar-refractivity contribution is 0.251. The summed E-state index contributed by atoms with van der Waals surface area (Å²) >= 11 is 0. The normalized spacial score (nSPS) is 11.7. The minimum atomic E-state index is -0.317. The number of hydrogen-bond donors (Lipinski definition) is 2. The molecular weight excluding hydrogens is 404 g/mol. The molecule has 0 aliphatic carbocycles. The van der Waals surface area contributed by atoms with Crippen LogP contribution in [0.15, 0.2) is 73.2 Å². The fourth-order valence-corrected chi connectivity index (χ4v) is 3.90. The number of aromatic nitrogens is 2. The van der Waals surface area contributed by atoms with Crippen LogP contribution in [0.4, 0.5) is 10.5 Å². The second kappa shape index (κ2) is 9.43. The van der Waals surface area contributed by atoms with Gasteiger partial charge in [0.1, 0.15) is 11.5 Å². The van der Waals surface area contributed by atoms with Gasteiger partial charge in [-0.15, -0.1) is 0 Å². The van der Waals surface area contributed by atoms with E-state index in [-0.39, 0.29) is 11.9 Å². The number of hydrogen-bond acceptors (Lipinski definition) is 4. The van der Waals surface area contributed by atoms with Crippen molar-refractivity contribution in [2.24, 2.45) is 7.05 Å². The van der Waals surface area contributed by atoms with Gasteiger partial charge in [-0.3, -0.25) is 4.98 Å². The quantitative estimate of drug-likeness (QED) is 0.451. The van der Waals surface area contributed by atoms with E-state index in [0.29, 0.717) is 23.7 Å². The average Bonchev–Trinajstić information content (AvgIpc) is 3.16. The highest BCUT2D eigenvalue weighted by atomic mass is 16.5. The maximum absolute atomic E-state index is 12.7. The van der Waals surface area contributed by atoms with Crippen molar-refractivity contribution >= 4 is 22.6 Å². The Kier molecular flexibility index (Phi) is 6.26. The van der Waals surface area contributed by atoms with Gasteiger partial charge in [0.15, 0.2) is 0 Å². The number of aryl methyl sites for hydroxylation is 1. The first kappa shape index (κ1) is 21.2. The number of urea groups is 1. The minimum Gasteiger partial charge on any atom is -0.497 e. The van der Waals surface area contributed by atoms with Crippen LogP contribution < -0.4 is 20.1 Å². The molecule has 4 aromatic rings. The van der Waals surface area contributed by atoms with Crippen LogP contribution in [0.3, 0.4) is 0 Å². The van der Waals surface area contributed by atoms with Gasteiger partial charge in [-0.05, 0) is 35.4 Å². The van der Waals surface area contributed by atoms with Crippen molar-refractivity contribution in [1.29, 1.82) is 0 Å². The summed E-state index contributed by atoms with van der Waals surface area (Å²) in [6.45, 7) is 0.407. The highest BCUT2D eigenvalue weighted by molar-refractivity contribution is 5.91. The molecule has 2 aromatic heterocycles. The van der Waals surface area contributed by atoms with Crippen molar-refractivity contribution in [2.75, 3.05) is 26.1 Å². The van der Waals surface area contributed by atoms with Crippen molar-refractivity contribution in [3.63, 3.8) is 0 Å². The zero-order valence-corrected chi connectivity index (χ0v) is 18.3. The highest BCUT2D eigenvalue weighted by Crippen LogP contribution is 2.32. The molecule has 7 heteroatoms. The molecule has 0 saturated carbocycles. The summed E-state index contributed by atoms with van der Waals surface area (Å²) in [7, 11) is 5.17. The van der Waals surface area contributed by atoms with Crippen LogP contribution in [0, 0.1) is 0 Å². The van der Waals surface area contributed by atoms with E-state index >= 15 is 0 Å². The molecule has 0 radical (unpaired) electrons. The smallest absolute Gasteiger partial charge is 0.319 e. The lowest BCUT2D eigenvalue weighted by Crippen LogP contribution is -2.32. The molecule has 2 heterocycles. The Hall–Kier alpha value is -4.00. The summed E-state index contributed by atoms with van der Waals surface area (Å²) < 4.78 is 12.7. The lowest BCUT2D eigenvalue weighted by atomic mass is 9.92. The van der Waals surface area contributed by atoms with Crippen LogP contribution in [0.5, 0.6) is 11.5 Å². The van der Waals surface area contributed by atoms with Crippen molar-refractivity contribution < 1.29 is 14.3 Å². The second-order valence-electron chi connectivity index (χ2n) is 7.45. The van der Waals surface area contributed by atoms with Gasteiger partial charge >= 0.3 is 6.03 Å². The van der Waals surface area contributed by atoms with E-state index in [0.717, 1.165) is 22.0 Å². The standard InChI is InChI=1S/C25H26N4O3/c1-29-16-21(19-8-4-5-9-23(19)29)20(17-7-6-12-26-14-17)15-27-25(30)28-22-11-10-18(31-2)13-24(22)32-3/h4-14,16,20H,15H2,1-3H3,(H2,27,28,30). The Balaban J connectivity index is 1.57. The molecule has 2 N–H and O–H groups in total. The van der Waals surface area contributed by atoms with Gasteiger partial charge in [0.25, 0.3) is 0 Å². The third-order valence-electron chi connectivity index (χ3n) is 5.51. The van der Waals surface area contributed by atoms with E-state index < -0.39 is 0 Å². The van der Waals surface area contributed by atoms with Gasteiger partial charge in [-0.25, -0.2) is 4.79 Å². The van der Waals surface area contributed by atoms with Gasteiger partial charge in [0.05, 0.1) is 19.9 Å². The Morgan fingerprint density at radius 3 is 2.69 bits per heavy atom. The number of carbonyl (C=O) groups is 1. The van der Waals surface area contributed by atoms with Gasteiger partial charge in [-0.2, -0.15) is 0 Å². The summed E-state index contributed by atoms with van der Waals surface area (Å²) in [5, 5.41) is 7.03. The minimum absolute atomic E-state index is 0.0571. The third kappa shape index (κ3) is 4.37. The Bertz CT molecular complexity index is 1220. The van der Waals surface area contributed by atoms with E-state index in [9.17, 15) is 4.79 Å². The molecule has 4 rings (SSSR count). The SMILES string of the molecule is COc1ccc(NC(=O)NCC(c2cccnc2)c2cn(C)c3ccccc23)c(OC)c1. The van der Waals surface area contributed by atoms with Crippen molar-refractivity contribution in [2.45, 2.75) is 5.92 Å². The van der Waals surface area contributed by atoms with E-state index in [2.05, 4.69) is 38.5 Å². The molecule has 1 atom stereocenters. The monoisotopic (exact) mass is 430 g/mol. The number of para-hydroxylation sites is 1. The number of carbonyl (C=O) groups excluding carboxylic acids is 1. The number of nitrogens with zero attached hydrogens (tertiary/aromatic N) is 2. The molecule has 0 saturated heterocycles. The van der Waals surface area contributed by atoms with Crippen LogP contribution in [0.1, 0.15) is 17.0 Å². The Morgan fingerprint density at radius 1 is 1.09 bits per heavy atom. The number of benzene rings is 2. The second-order valence-corrected chi connectivity index (χ2v) is 7.45. The fourth-order valence-electron chi connectivity index (χ4n) is 3.90. The fraction of sp³-hybridized carbons (Fsp3) is 0.200. The van der Waals surface area contributed by atoms with E-state index in [4.69, 9.17) is 9.47 Å². The summed E-state index contributed by atoms with van der Waals surface area (Å²) in [6, 6.07) is 17.1. The third-order valence-corrected chi connectivity index (χ3v) is 5.51. The van der Waals surface area contributed by atoms with Crippen molar-refractivity contribution in [1.82, 2.24) is 14.9 Å². The number of methoxy groups -OCH3 is 2. The average molecular weight is 431 g/mol. The predicted molar refractivity (Wildman–Crippen MR) is 126 cm³/mol. The van der Waals surface area contributed by atoms with Crippen LogP contribution in [-0.4, -0.2) is 36.3 Å². The number of anilines is 1. The lowest BCUT2D eigenvalue weighted by Gasteiger charge is -2.18. The molecule has 2 aromatic carbocycles. The summed E-state index contributed by atoms with van der Waals surface area (Å²) in [4.78, 5) is 17.0. The van der Waals surface area contributed by atoms with E-state index in [1.165, 1.54) is 0 Å². The maximum atomic E-state index is 12.7. The zero-order valence-electron chi connectivity index (χ0n) is 18.3. The summed E-state index contributed by atoms with van der Waals surface area (Å²) in [5.41, 5.74) is 3.88. The molecule has 32 heavy (non-hydrogen) atoms. The molecule has 164 valence electrons. The zero-order chi connectivity index (χ0) is 22.5. The highest BCUT2D eigenvalue weighted by Gasteiger charge is 2.20. The van der Waals surface area contributed by atoms with Crippen LogP contribution >= 0.6 is 0 Å².